The van der Waals surface area contributed by atoms with E-state index in [4.69, 9.17) is 0 Å². The minimum Gasteiger partial charge on any atom is -0.316 e. The van der Waals surface area contributed by atoms with Crippen LogP contribution in [0.5, 0.6) is 0 Å². The topological polar surface area (TPSA) is 15.3 Å². The number of nitrogens with one attached hydrogen (secondary N) is 1. The first-order valence-electron chi connectivity index (χ1n) is 5.16. The molecule has 1 aliphatic heterocycles. The van der Waals surface area contributed by atoms with E-state index in [0.717, 1.165) is 13.0 Å². The van der Waals surface area contributed by atoms with E-state index in [9.17, 15) is 0 Å². The lowest BCUT2D eigenvalue weighted by atomic mass is 10.1. The van der Waals surface area contributed by atoms with Gasteiger partial charge in [-0.05, 0) is 33.4 Å². The van der Waals surface area contributed by atoms with Crippen LogP contribution in [-0.4, -0.2) is 37.6 Å². The summed E-state index contributed by atoms with van der Waals surface area (Å²) in [6.45, 7) is 5.50. The summed E-state index contributed by atoms with van der Waals surface area (Å²) in [6, 6.07) is 0.698. The summed E-state index contributed by atoms with van der Waals surface area (Å²) >= 11 is 0. The summed E-state index contributed by atoms with van der Waals surface area (Å²) in [5, 5.41) is 3.35. The van der Waals surface area contributed by atoms with E-state index in [2.05, 4.69) is 29.1 Å². The van der Waals surface area contributed by atoms with E-state index in [1.54, 1.807) is 0 Å². The Labute approximate surface area is 81.7 Å². The Morgan fingerprint density at radius 2 is 2.38 bits per heavy atom. The molecule has 0 bridgehead atoms. The fourth-order valence-electron chi connectivity index (χ4n) is 1.83. The van der Waals surface area contributed by atoms with E-state index in [1.165, 1.54) is 25.9 Å². The van der Waals surface area contributed by atoms with Gasteiger partial charge in [0.15, 0.2) is 0 Å². The first-order chi connectivity index (χ1) is 6.36. The van der Waals surface area contributed by atoms with Gasteiger partial charge in [-0.3, -0.25) is 0 Å². The van der Waals surface area contributed by atoms with Gasteiger partial charge in [0.2, 0.25) is 0 Å². The Morgan fingerprint density at radius 3 is 3.08 bits per heavy atom. The summed E-state index contributed by atoms with van der Waals surface area (Å²) in [6.07, 6.45) is 3.67. The largest absolute Gasteiger partial charge is 0.316 e. The molecule has 74 valence electrons. The van der Waals surface area contributed by atoms with Crippen LogP contribution in [0.4, 0.5) is 0 Å². The highest BCUT2D eigenvalue weighted by molar-refractivity contribution is 4.95. The minimum absolute atomic E-state index is 0.698. The van der Waals surface area contributed by atoms with Gasteiger partial charge in [0.05, 0.1) is 0 Å². The van der Waals surface area contributed by atoms with Gasteiger partial charge in [-0.1, -0.05) is 0 Å². The molecule has 1 heterocycles. The van der Waals surface area contributed by atoms with Crippen LogP contribution in [0.2, 0.25) is 0 Å². The highest BCUT2D eigenvalue weighted by Gasteiger charge is 2.16. The molecule has 0 aliphatic carbocycles. The SMILES string of the molecule is CC#CCCN1CCCC(NC)C1. The smallest absolute Gasteiger partial charge is 0.0216 e. The molecule has 1 aliphatic rings. The molecule has 1 unspecified atom stereocenters. The number of piperidine rings is 1. The molecule has 0 radical (unpaired) electrons. The molecule has 0 aromatic carbocycles. The van der Waals surface area contributed by atoms with E-state index < -0.39 is 0 Å². The lowest BCUT2D eigenvalue weighted by Crippen LogP contribution is -2.44. The predicted molar refractivity (Wildman–Crippen MR) is 56.6 cm³/mol. The van der Waals surface area contributed by atoms with Gasteiger partial charge < -0.3 is 10.2 Å². The van der Waals surface area contributed by atoms with E-state index >= 15 is 0 Å². The van der Waals surface area contributed by atoms with Crippen LogP contribution >= 0.6 is 0 Å². The van der Waals surface area contributed by atoms with Crippen molar-refractivity contribution in [3.8, 4) is 11.8 Å². The van der Waals surface area contributed by atoms with E-state index in [0.29, 0.717) is 6.04 Å². The first kappa shape index (κ1) is 10.6. The van der Waals surface area contributed by atoms with Crippen LogP contribution in [0.25, 0.3) is 0 Å². The summed E-state index contributed by atoms with van der Waals surface area (Å²) in [4.78, 5) is 2.51. The molecule has 1 N–H and O–H groups in total. The first-order valence-corrected chi connectivity index (χ1v) is 5.16. The predicted octanol–water partition coefficient (Wildman–Crippen LogP) is 1.08. The highest BCUT2D eigenvalue weighted by Crippen LogP contribution is 2.09. The standard InChI is InChI=1S/C11H20N2/c1-3-4-5-8-13-9-6-7-11(10-13)12-2/h11-12H,5-10H2,1-2H3. The molecule has 0 aromatic rings. The normalized spacial score (nSPS) is 23.7. The second kappa shape index (κ2) is 6.01. The molecule has 0 amide bonds. The van der Waals surface area contributed by atoms with Gasteiger partial charge in [-0.25, -0.2) is 0 Å². The average molecular weight is 180 g/mol. The Bertz CT molecular complexity index is 190. The average Bonchev–Trinajstić information content (AvgIpc) is 2.19. The van der Waals surface area contributed by atoms with Crippen molar-refractivity contribution in [2.75, 3.05) is 26.7 Å². The zero-order valence-corrected chi connectivity index (χ0v) is 8.77. The Hall–Kier alpha value is -0.520. The van der Waals surface area contributed by atoms with Gasteiger partial charge in [0, 0.05) is 25.6 Å². The van der Waals surface area contributed by atoms with Crippen LogP contribution in [0.1, 0.15) is 26.2 Å². The van der Waals surface area contributed by atoms with Gasteiger partial charge in [0.25, 0.3) is 0 Å². The second-order valence-electron chi connectivity index (χ2n) is 3.61. The van der Waals surface area contributed by atoms with Gasteiger partial charge >= 0.3 is 0 Å². The third-order valence-electron chi connectivity index (χ3n) is 2.64. The number of likely N-dealkylation sites (tertiary alicyclic amines) is 1. The lowest BCUT2D eigenvalue weighted by molar-refractivity contribution is 0.199. The summed E-state index contributed by atoms with van der Waals surface area (Å²) in [5.41, 5.74) is 0. The van der Waals surface area contributed by atoms with E-state index in [-0.39, 0.29) is 0 Å². The number of rotatable bonds is 3. The fraction of sp³-hybridized carbons (Fsp3) is 0.818. The van der Waals surface area contributed by atoms with Crippen LogP contribution < -0.4 is 5.32 Å². The molecule has 0 saturated carbocycles. The Kier molecular flexibility index (Phi) is 4.88. The number of hydrogen-bond acceptors (Lipinski definition) is 2. The van der Waals surface area contributed by atoms with Crippen LogP contribution in [0, 0.1) is 11.8 Å². The van der Waals surface area contributed by atoms with Crippen molar-refractivity contribution in [3.05, 3.63) is 0 Å². The molecule has 1 rings (SSSR count). The van der Waals surface area contributed by atoms with Crippen LogP contribution in [0.15, 0.2) is 0 Å². The van der Waals surface area contributed by atoms with Crippen molar-refractivity contribution < 1.29 is 0 Å². The van der Waals surface area contributed by atoms with Crippen molar-refractivity contribution in [2.45, 2.75) is 32.2 Å². The van der Waals surface area contributed by atoms with Crippen molar-refractivity contribution in [3.63, 3.8) is 0 Å². The molecular formula is C11H20N2. The lowest BCUT2D eigenvalue weighted by Gasteiger charge is -2.31. The quantitative estimate of drug-likeness (QED) is 0.654. The minimum atomic E-state index is 0.698. The molecule has 0 spiro atoms. The molecule has 1 atom stereocenters. The fourth-order valence-corrected chi connectivity index (χ4v) is 1.83. The van der Waals surface area contributed by atoms with Crippen LogP contribution in [0.3, 0.4) is 0 Å². The monoisotopic (exact) mass is 180 g/mol. The van der Waals surface area contributed by atoms with Gasteiger partial charge in [0.1, 0.15) is 0 Å². The highest BCUT2D eigenvalue weighted by atomic mass is 15.2. The molecule has 1 saturated heterocycles. The summed E-state index contributed by atoms with van der Waals surface area (Å²) in [7, 11) is 2.06. The zero-order chi connectivity index (χ0) is 9.52. The molecular weight excluding hydrogens is 160 g/mol. The third kappa shape index (κ3) is 3.80. The third-order valence-corrected chi connectivity index (χ3v) is 2.64. The second-order valence-corrected chi connectivity index (χ2v) is 3.61. The molecule has 2 heteroatoms. The summed E-state index contributed by atoms with van der Waals surface area (Å²) < 4.78 is 0. The molecule has 0 aromatic heterocycles. The van der Waals surface area contributed by atoms with Crippen LogP contribution in [-0.2, 0) is 0 Å². The maximum absolute atomic E-state index is 3.35. The van der Waals surface area contributed by atoms with Crippen molar-refractivity contribution in [2.24, 2.45) is 0 Å². The van der Waals surface area contributed by atoms with Crippen molar-refractivity contribution in [1.29, 1.82) is 0 Å². The number of likely N-dealkylation sites (N-methyl/N-ethyl adjacent to an activating group) is 1. The number of hydrogen-bond donors (Lipinski definition) is 1. The molecule has 13 heavy (non-hydrogen) atoms. The number of nitrogens with zero attached hydrogens (tertiary/aromatic N) is 1. The maximum Gasteiger partial charge on any atom is 0.0216 e. The maximum atomic E-state index is 3.35. The molecule has 2 nitrogen and oxygen atoms in total. The zero-order valence-electron chi connectivity index (χ0n) is 8.77. The summed E-state index contributed by atoms with van der Waals surface area (Å²) in [5.74, 6) is 6.06. The van der Waals surface area contributed by atoms with Gasteiger partial charge in [-0.2, -0.15) is 0 Å². The molecule has 1 fully saturated rings. The van der Waals surface area contributed by atoms with Gasteiger partial charge in [-0.15, -0.1) is 11.8 Å². The Balaban J connectivity index is 2.20. The van der Waals surface area contributed by atoms with Crippen molar-refractivity contribution >= 4 is 0 Å². The Morgan fingerprint density at radius 1 is 1.54 bits per heavy atom. The van der Waals surface area contributed by atoms with E-state index in [1.807, 2.05) is 6.92 Å². The van der Waals surface area contributed by atoms with Crippen molar-refractivity contribution in [1.82, 2.24) is 10.2 Å².